The SMILES string of the molecule is COc1cc(/C=C/C(=O)O[C@@H](C)C(=O)NC(=O)NC(C)C)cc2c1OCCO2. The highest BCUT2D eigenvalue weighted by atomic mass is 16.6. The second kappa shape index (κ2) is 9.63. The Morgan fingerprint density at radius 3 is 2.54 bits per heavy atom. The zero-order valence-electron chi connectivity index (χ0n) is 16.2. The zero-order chi connectivity index (χ0) is 20.7. The summed E-state index contributed by atoms with van der Waals surface area (Å²) in [4.78, 5) is 35.3. The highest BCUT2D eigenvalue weighted by Crippen LogP contribution is 2.40. The largest absolute Gasteiger partial charge is 0.493 e. The molecule has 0 unspecified atom stereocenters. The Morgan fingerprint density at radius 2 is 1.86 bits per heavy atom. The number of rotatable bonds is 6. The lowest BCUT2D eigenvalue weighted by Gasteiger charge is -2.20. The Hall–Kier alpha value is -3.23. The molecule has 3 amide bonds. The van der Waals surface area contributed by atoms with Crippen LogP contribution in [0, 0.1) is 0 Å². The molecule has 28 heavy (non-hydrogen) atoms. The Balaban J connectivity index is 1.96. The van der Waals surface area contributed by atoms with E-state index in [-0.39, 0.29) is 6.04 Å². The number of hydrogen-bond acceptors (Lipinski definition) is 7. The average molecular weight is 392 g/mol. The second-order valence-corrected chi connectivity index (χ2v) is 6.28. The van der Waals surface area contributed by atoms with Crippen molar-refractivity contribution < 1.29 is 33.3 Å². The van der Waals surface area contributed by atoms with Crippen molar-refractivity contribution >= 4 is 24.0 Å². The van der Waals surface area contributed by atoms with Gasteiger partial charge in [0.2, 0.25) is 5.75 Å². The average Bonchev–Trinajstić information content (AvgIpc) is 2.64. The van der Waals surface area contributed by atoms with Gasteiger partial charge in [0.05, 0.1) is 7.11 Å². The Bertz CT molecular complexity index is 757. The molecule has 1 aliphatic rings. The van der Waals surface area contributed by atoms with E-state index in [1.54, 1.807) is 26.0 Å². The molecule has 0 bridgehead atoms. The summed E-state index contributed by atoms with van der Waals surface area (Å²) in [6.07, 6.45) is 1.53. The van der Waals surface area contributed by atoms with E-state index in [1.165, 1.54) is 26.2 Å². The summed E-state index contributed by atoms with van der Waals surface area (Å²) in [7, 11) is 1.51. The van der Waals surface area contributed by atoms with Crippen molar-refractivity contribution in [2.75, 3.05) is 20.3 Å². The maximum absolute atomic E-state index is 12.0. The number of methoxy groups -OCH3 is 1. The van der Waals surface area contributed by atoms with Gasteiger partial charge < -0.3 is 24.3 Å². The lowest BCUT2D eigenvalue weighted by molar-refractivity contribution is -0.149. The minimum atomic E-state index is -1.13. The molecule has 1 aromatic rings. The first-order valence-electron chi connectivity index (χ1n) is 8.77. The van der Waals surface area contributed by atoms with Crippen LogP contribution >= 0.6 is 0 Å². The predicted molar refractivity (Wildman–Crippen MR) is 100 cm³/mol. The summed E-state index contributed by atoms with van der Waals surface area (Å²) >= 11 is 0. The molecule has 9 heteroatoms. The molecule has 2 N–H and O–H groups in total. The van der Waals surface area contributed by atoms with Crippen LogP contribution in [-0.2, 0) is 14.3 Å². The third-order valence-corrected chi connectivity index (χ3v) is 3.58. The molecule has 0 aromatic heterocycles. The topological polar surface area (TPSA) is 112 Å². The number of urea groups is 1. The van der Waals surface area contributed by atoms with Crippen LogP contribution in [0.15, 0.2) is 18.2 Å². The van der Waals surface area contributed by atoms with Crippen LogP contribution in [-0.4, -0.2) is 50.4 Å². The van der Waals surface area contributed by atoms with Crippen LogP contribution in [0.4, 0.5) is 4.79 Å². The third-order valence-electron chi connectivity index (χ3n) is 3.58. The molecule has 2 rings (SSSR count). The quantitative estimate of drug-likeness (QED) is 0.559. The van der Waals surface area contributed by atoms with Gasteiger partial charge >= 0.3 is 12.0 Å². The molecule has 0 radical (unpaired) electrons. The number of amides is 3. The molecule has 1 aliphatic heterocycles. The van der Waals surface area contributed by atoms with Crippen molar-refractivity contribution in [2.24, 2.45) is 0 Å². The van der Waals surface area contributed by atoms with Crippen LogP contribution in [0.1, 0.15) is 26.3 Å². The molecule has 0 aliphatic carbocycles. The van der Waals surface area contributed by atoms with Crippen LogP contribution in [0.3, 0.4) is 0 Å². The monoisotopic (exact) mass is 392 g/mol. The van der Waals surface area contributed by atoms with Crippen LogP contribution in [0.25, 0.3) is 6.08 Å². The first-order chi connectivity index (χ1) is 13.3. The highest BCUT2D eigenvalue weighted by molar-refractivity contribution is 5.98. The fourth-order valence-electron chi connectivity index (χ4n) is 2.33. The molecule has 1 heterocycles. The van der Waals surface area contributed by atoms with Gasteiger partial charge in [-0.3, -0.25) is 10.1 Å². The molecule has 1 aromatic carbocycles. The second-order valence-electron chi connectivity index (χ2n) is 6.28. The lowest BCUT2D eigenvalue weighted by atomic mass is 10.1. The van der Waals surface area contributed by atoms with Crippen molar-refractivity contribution in [3.8, 4) is 17.2 Å². The molecule has 0 saturated heterocycles. The molecular weight excluding hydrogens is 368 g/mol. The van der Waals surface area contributed by atoms with Crippen LogP contribution < -0.4 is 24.8 Å². The first-order valence-corrected chi connectivity index (χ1v) is 8.77. The number of esters is 1. The Labute approximate surface area is 163 Å². The maximum atomic E-state index is 12.0. The molecule has 9 nitrogen and oxygen atoms in total. The van der Waals surface area contributed by atoms with E-state index in [1.807, 2.05) is 0 Å². The van der Waals surface area contributed by atoms with E-state index >= 15 is 0 Å². The Morgan fingerprint density at radius 1 is 1.14 bits per heavy atom. The van der Waals surface area contributed by atoms with Crippen molar-refractivity contribution in [1.29, 1.82) is 0 Å². The van der Waals surface area contributed by atoms with E-state index in [0.29, 0.717) is 36.0 Å². The molecular formula is C19H24N2O7. The highest BCUT2D eigenvalue weighted by Gasteiger charge is 2.20. The first kappa shape index (κ1) is 21.1. The number of carbonyl (C=O) groups is 3. The van der Waals surface area contributed by atoms with Gasteiger partial charge in [-0.05, 0) is 44.5 Å². The van der Waals surface area contributed by atoms with Gasteiger partial charge in [0, 0.05) is 12.1 Å². The predicted octanol–water partition coefficient (Wildman–Crippen LogP) is 1.65. The van der Waals surface area contributed by atoms with Crippen LogP contribution in [0.2, 0.25) is 0 Å². The van der Waals surface area contributed by atoms with Crippen molar-refractivity contribution in [1.82, 2.24) is 10.6 Å². The maximum Gasteiger partial charge on any atom is 0.331 e. The summed E-state index contributed by atoms with van der Waals surface area (Å²) in [5.41, 5.74) is 0.631. The van der Waals surface area contributed by atoms with E-state index in [2.05, 4.69) is 10.6 Å². The minimum Gasteiger partial charge on any atom is -0.493 e. The van der Waals surface area contributed by atoms with Gasteiger partial charge in [-0.1, -0.05) is 0 Å². The van der Waals surface area contributed by atoms with Crippen molar-refractivity contribution in [3.05, 3.63) is 23.8 Å². The minimum absolute atomic E-state index is 0.128. The molecule has 0 fully saturated rings. The van der Waals surface area contributed by atoms with Gasteiger partial charge in [0.1, 0.15) is 13.2 Å². The summed E-state index contributed by atoms with van der Waals surface area (Å²) in [6.45, 7) is 5.73. The molecule has 0 saturated carbocycles. The van der Waals surface area contributed by atoms with Gasteiger partial charge in [0.25, 0.3) is 5.91 Å². The normalized spacial score (nSPS) is 13.8. The fraction of sp³-hybridized carbons (Fsp3) is 0.421. The zero-order valence-corrected chi connectivity index (χ0v) is 16.2. The van der Waals surface area contributed by atoms with Gasteiger partial charge in [-0.25, -0.2) is 9.59 Å². The fourth-order valence-corrected chi connectivity index (χ4v) is 2.33. The number of imide groups is 1. The van der Waals surface area contributed by atoms with Gasteiger partial charge in [-0.15, -0.1) is 0 Å². The van der Waals surface area contributed by atoms with E-state index in [4.69, 9.17) is 18.9 Å². The lowest BCUT2D eigenvalue weighted by Crippen LogP contribution is -2.46. The molecule has 152 valence electrons. The van der Waals surface area contributed by atoms with Crippen LogP contribution in [0.5, 0.6) is 17.2 Å². The molecule has 1 atom stereocenters. The number of benzene rings is 1. The van der Waals surface area contributed by atoms with Crippen molar-refractivity contribution in [2.45, 2.75) is 32.9 Å². The number of hydrogen-bond donors (Lipinski definition) is 2. The Kier molecular flexibility index (Phi) is 7.25. The van der Waals surface area contributed by atoms with Gasteiger partial charge in [0.15, 0.2) is 17.6 Å². The van der Waals surface area contributed by atoms with E-state index < -0.39 is 24.0 Å². The summed E-state index contributed by atoms with van der Waals surface area (Å²) in [6, 6.07) is 2.61. The summed E-state index contributed by atoms with van der Waals surface area (Å²) < 4.78 is 21.3. The van der Waals surface area contributed by atoms with E-state index in [9.17, 15) is 14.4 Å². The van der Waals surface area contributed by atoms with Gasteiger partial charge in [-0.2, -0.15) is 0 Å². The third kappa shape index (κ3) is 5.90. The number of carbonyl (C=O) groups excluding carboxylic acids is 3. The number of fused-ring (bicyclic) bond motifs is 1. The van der Waals surface area contributed by atoms with E-state index in [0.717, 1.165) is 0 Å². The summed E-state index contributed by atoms with van der Waals surface area (Å²) in [5, 5.41) is 4.61. The van der Waals surface area contributed by atoms with Crippen molar-refractivity contribution in [3.63, 3.8) is 0 Å². The summed E-state index contributed by atoms with van der Waals surface area (Å²) in [5.74, 6) is 0.0526. The number of ether oxygens (including phenoxy) is 4. The standard InChI is InChI=1S/C19H24N2O7/c1-11(2)20-19(24)21-18(23)12(3)28-16(22)6-5-13-9-14(25-4)17-15(10-13)26-7-8-27-17/h5-6,9-12H,7-8H2,1-4H3,(H2,20,21,23,24)/b6-5+/t12-/m0/s1. The number of nitrogens with one attached hydrogen (secondary N) is 2. The molecule has 0 spiro atoms. The smallest absolute Gasteiger partial charge is 0.331 e.